The first-order valence-electron chi connectivity index (χ1n) is 9.02. The number of aryl methyl sites for hydroxylation is 1. The number of rotatable bonds is 6. The van der Waals surface area contributed by atoms with Gasteiger partial charge < -0.3 is 10.2 Å². The van der Waals surface area contributed by atoms with E-state index in [1.165, 1.54) is 12.1 Å². The molecule has 3 rings (SSSR count). The fourth-order valence-corrected chi connectivity index (χ4v) is 3.78. The standard InChI is InChI=1S/C18H21N5O4S/c1-12-17(28-21-20-12)18(25)22-8-6-14(7-9-22)11-19-16(24)10-13-2-4-15(5-3-13)23(26)27/h2-5,14H,6-11H2,1H3,(H,19,24). The third-order valence-corrected chi connectivity index (χ3v) is 5.66. The molecule has 1 aromatic heterocycles. The Balaban J connectivity index is 1.41. The molecule has 148 valence electrons. The number of hydrogen-bond acceptors (Lipinski definition) is 7. The molecule has 10 heteroatoms. The first kappa shape index (κ1) is 19.9. The van der Waals surface area contributed by atoms with E-state index in [-0.39, 0.29) is 23.9 Å². The van der Waals surface area contributed by atoms with Crippen molar-refractivity contribution in [1.82, 2.24) is 19.8 Å². The van der Waals surface area contributed by atoms with Crippen molar-refractivity contribution in [2.75, 3.05) is 19.6 Å². The summed E-state index contributed by atoms with van der Waals surface area (Å²) in [5, 5.41) is 17.5. The minimum atomic E-state index is -0.465. The van der Waals surface area contributed by atoms with Gasteiger partial charge >= 0.3 is 0 Å². The number of non-ortho nitro benzene ring substituents is 1. The average Bonchev–Trinajstić information content (AvgIpc) is 3.12. The Morgan fingerprint density at radius 2 is 1.96 bits per heavy atom. The molecule has 1 aromatic carbocycles. The van der Waals surface area contributed by atoms with Crippen molar-refractivity contribution >= 4 is 29.0 Å². The predicted octanol–water partition coefficient (Wildman–Crippen LogP) is 1.97. The number of benzene rings is 1. The van der Waals surface area contributed by atoms with Crippen LogP contribution >= 0.6 is 11.5 Å². The summed E-state index contributed by atoms with van der Waals surface area (Å²) in [5.74, 6) is 0.192. The fraction of sp³-hybridized carbons (Fsp3) is 0.444. The van der Waals surface area contributed by atoms with E-state index in [4.69, 9.17) is 0 Å². The van der Waals surface area contributed by atoms with Crippen molar-refractivity contribution in [3.8, 4) is 0 Å². The lowest BCUT2D eigenvalue weighted by atomic mass is 9.96. The van der Waals surface area contributed by atoms with E-state index in [0.29, 0.717) is 36.1 Å². The van der Waals surface area contributed by atoms with Gasteiger partial charge in [0.05, 0.1) is 17.0 Å². The van der Waals surface area contributed by atoms with E-state index in [2.05, 4.69) is 14.9 Å². The van der Waals surface area contributed by atoms with E-state index < -0.39 is 4.92 Å². The third-order valence-electron chi connectivity index (χ3n) is 4.85. The quantitative estimate of drug-likeness (QED) is 0.582. The molecule has 0 bridgehead atoms. The number of likely N-dealkylation sites (tertiary alicyclic amines) is 1. The van der Waals surface area contributed by atoms with Crippen LogP contribution in [0.1, 0.15) is 33.8 Å². The number of nitrogens with zero attached hydrogens (tertiary/aromatic N) is 4. The molecule has 0 atom stereocenters. The zero-order chi connectivity index (χ0) is 20.1. The lowest BCUT2D eigenvalue weighted by Gasteiger charge is -2.31. The van der Waals surface area contributed by atoms with Crippen molar-refractivity contribution < 1.29 is 14.5 Å². The molecule has 1 saturated heterocycles. The van der Waals surface area contributed by atoms with Gasteiger partial charge in [-0.15, -0.1) is 5.10 Å². The van der Waals surface area contributed by atoms with Crippen LogP contribution < -0.4 is 5.32 Å². The summed E-state index contributed by atoms with van der Waals surface area (Å²) in [7, 11) is 0. The zero-order valence-electron chi connectivity index (χ0n) is 15.5. The minimum absolute atomic E-state index is 0.00905. The molecule has 9 nitrogen and oxygen atoms in total. The van der Waals surface area contributed by atoms with Gasteiger partial charge in [0, 0.05) is 31.8 Å². The van der Waals surface area contributed by atoms with Crippen LogP contribution in [0.25, 0.3) is 0 Å². The summed E-state index contributed by atoms with van der Waals surface area (Å²) in [5.41, 5.74) is 1.41. The summed E-state index contributed by atoms with van der Waals surface area (Å²) in [6.45, 7) is 3.65. The normalized spacial score (nSPS) is 14.7. The number of nitro benzene ring substituents is 1. The van der Waals surface area contributed by atoms with Gasteiger partial charge in [-0.2, -0.15) is 0 Å². The topological polar surface area (TPSA) is 118 Å². The van der Waals surface area contributed by atoms with Gasteiger partial charge in [0.1, 0.15) is 4.88 Å². The van der Waals surface area contributed by atoms with E-state index in [0.717, 1.165) is 29.9 Å². The summed E-state index contributed by atoms with van der Waals surface area (Å²) in [4.78, 5) is 37.2. The highest BCUT2D eigenvalue weighted by atomic mass is 32.1. The van der Waals surface area contributed by atoms with E-state index in [9.17, 15) is 19.7 Å². The number of carbonyl (C=O) groups is 2. The van der Waals surface area contributed by atoms with Gasteiger partial charge in [0.15, 0.2) is 0 Å². The molecule has 2 aromatic rings. The van der Waals surface area contributed by atoms with Crippen molar-refractivity contribution in [3.05, 3.63) is 50.5 Å². The van der Waals surface area contributed by atoms with E-state index >= 15 is 0 Å². The largest absolute Gasteiger partial charge is 0.356 e. The molecule has 0 aliphatic carbocycles. The van der Waals surface area contributed by atoms with Crippen LogP contribution in [-0.2, 0) is 11.2 Å². The van der Waals surface area contributed by atoms with Crippen LogP contribution in [0.3, 0.4) is 0 Å². The van der Waals surface area contributed by atoms with E-state index in [1.54, 1.807) is 19.1 Å². The lowest BCUT2D eigenvalue weighted by molar-refractivity contribution is -0.384. The van der Waals surface area contributed by atoms with Crippen molar-refractivity contribution in [3.63, 3.8) is 0 Å². The first-order valence-corrected chi connectivity index (χ1v) is 9.79. The van der Waals surface area contributed by atoms with Crippen molar-refractivity contribution in [2.24, 2.45) is 5.92 Å². The number of amides is 2. The SMILES string of the molecule is Cc1nnsc1C(=O)N1CCC(CNC(=O)Cc2ccc([N+](=O)[O-])cc2)CC1. The van der Waals surface area contributed by atoms with Gasteiger partial charge in [-0.05, 0) is 42.8 Å². The monoisotopic (exact) mass is 403 g/mol. The van der Waals surface area contributed by atoms with Gasteiger partial charge in [0.2, 0.25) is 5.91 Å². The second kappa shape index (κ2) is 8.87. The highest BCUT2D eigenvalue weighted by Crippen LogP contribution is 2.20. The van der Waals surface area contributed by atoms with Crippen LogP contribution in [0, 0.1) is 23.0 Å². The second-order valence-corrected chi connectivity index (χ2v) is 7.58. The molecule has 1 aliphatic heterocycles. The lowest BCUT2D eigenvalue weighted by Crippen LogP contribution is -2.41. The molecule has 0 spiro atoms. The van der Waals surface area contributed by atoms with Crippen LogP contribution in [0.4, 0.5) is 5.69 Å². The molecule has 28 heavy (non-hydrogen) atoms. The van der Waals surface area contributed by atoms with Gasteiger partial charge in [0.25, 0.3) is 11.6 Å². The Hall–Kier alpha value is -2.88. The number of hydrogen-bond donors (Lipinski definition) is 1. The molecule has 0 unspecified atom stereocenters. The maximum atomic E-state index is 12.5. The number of nitrogens with one attached hydrogen (secondary N) is 1. The summed E-state index contributed by atoms with van der Waals surface area (Å²) < 4.78 is 3.81. The summed E-state index contributed by atoms with van der Waals surface area (Å²) >= 11 is 1.12. The van der Waals surface area contributed by atoms with Crippen molar-refractivity contribution in [1.29, 1.82) is 0 Å². The molecule has 1 N–H and O–H groups in total. The predicted molar refractivity (Wildman–Crippen MR) is 103 cm³/mol. The van der Waals surface area contributed by atoms with Crippen LogP contribution in [-0.4, -0.2) is 50.9 Å². The van der Waals surface area contributed by atoms with Crippen LogP contribution in [0.15, 0.2) is 24.3 Å². The fourth-order valence-electron chi connectivity index (χ4n) is 3.15. The smallest absolute Gasteiger partial charge is 0.269 e. The Bertz CT molecular complexity index is 859. The highest BCUT2D eigenvalue weighted by Gasteiger charge is 2.26. The van der Waals surface area contributed by atoms with Gasteiger partial charge in [-0.25, -0.2) is 0 Å². The maximum absolute atomic E-state index is 12.5. The molecule has 0 saturated carbocycles. The first-order chi connectivity index (χ1) is 13.4. The second-order valence-electron chi connectivity index (χ2n) is 6.83. The Kier molecular flexibility index (Phi) is 6.30. The number of carbonyl (C=O) groups excluding carboxylic acids is 2. The molecule has 2 amide bonds. The molecule has 1 fully saturated rings. The average molecular weight is 403 g/mol. The van der Waals surface area contributed by atoms with Crippen LogP contribution in [0.2, 0.25) is 0 Å². The Morgan fingerprint density at radius 1 is 1.29 bits per heavy atom. The molecular weight excluding hydrogens is 382 g/mol. The molecular formula is C18H21N5O4S. The van der Waals surface area contributed by atoms with Crippen molar-refractivity contribution in [2.45, 2.75) is 26.2 Å². The van der Waals surface area contributed by atoms with Crippen LogP contribution in [0.5, 0.6) is 0 Å². The van der Waals surface area contributed by atoms with E-state index in [1.807, 2.05) is 4.90 Å². The Morgan fingerprint density at radius 3 is 2.54 bits per heavy atom. The zero-order valence-corrected chi connectivity index (χ0v) is 16.3. The minimum Gasteiger partial charge on any atom is -0.356 e. The number of nitro groups is 1. The van der Waals surface area contributed by atoms with Gasteiger partial charge in [-0.3, -0.25) is 19.7 Å². The molecule has 0 radical (unpaired) electrons. The third kappa shape index (κ3) is 4.89. The summed E-state index contributed by atoms with van der Waals surface area (Å²) in [6, 6.07) is 5.99. The van der Waals surface area contributed by atoms with Gasteiger partial charge in [-0.1, -0.05) is 16.6 Å². The highest BCUT2D eigenvalue weighted by molar-refractivity contribution is 7.07. The summed E-state index contributed by atoms with van der Waals surface area (Å²) in [6.07, 6.45) is 1.84. The Labute approximate surface area is 166 Å². The maximum Gasteiger partial charge on any atom is 0.269 e. The molecule has 2 heterocycles. The number of aromatic nitrogens is 2. The number of piperidine rings is 1. The molecule has 1 aliphatic rings.